The van der Waals surface area contributed by atoms with Gasteiger partial charge in [0.2, 0.25) is 0 Å². The van der Waals surface area contributed by atoms with Crippen molar-refractivity contribution < 1.29 is 42.2 Å². The number of terminal acetylenes is 1. The molecule has 0 atom stereocenters. The number of allylic oxidation sites excluding steroid dienone is 3. The molecule has 1 aliphatic heterocycles. The van der Waals surface area contributed by atoms with Crippen molar-refractivity contribution in [2.75, 3.05) is 7.05 Å². The maximum atomic E-state index is 10.9. The zero-order valence-electron chi connectivity index (χ0n) is 12.0. The van der Waals surface area contributed by atoms with Gasteiger partial charge in [0.05, 0.1) is 0 Å². The van der Waals surface area contributed by atoms with Crippen LogP contribution < -0.4 is 4.74 Å². The molecule has 1 aromatic carbocycles. The zero-order valence-corrected chi connectivity index (χ0v) is 14.9. The van der Waals surface area contributed by atoms with E-state index in [4.69, 9.17) is 11.2 Å². The van der Waals surface area contributed by atoms with Crippen molar-refractivity contribution in [2.45, 2.75) is 6.92 Å². The van der Waals surface area contributed by atoms with Crippen molar-refractivity contribution in [2.24, 2.45) is 0 Å². The maximum Gasteiger partial charge on any atom is 0.308 e. The number of hydrogen-bond donors (Lipinski definition) is 0. The summed E-state index contributed by atoms with van der Waals surface area (Å²) >= 11 is 0. The van der Waals surface area contributed by atoms with Crippen LogP contribution in [0.5, 0.6) is 5.75 Å². The van der Waals surface area contributed by atoms with Crippen molar-refractivity contribution >= 4 is 11.7 Å². The van der Waals surface area contributed by atoms with Gasteiger partial charge in [-0.15, -0.1) is 24.5 Å². The molecule has 0 aromatic heterocycles. The average molecular weight is 353 g/mol. The van der Waals surface area contributed by atoms with Gasteiger partial charge in [0.1, 0.15) is 5.75 Å². The molecular formula is C17H14NO2Y-. The van der Waals surface area contributed by atoms with Crippen LogP contribution in [-0.2, 0) is 37.5 Å². The third kappa shape index (κ3) is 3.94. The minimum Gasteiger partial charge on any atom is -0.427 e. The summed E-state index contributed by atoms with van der Waals surface area (Å²) in [4.78, 5) is 12.8. The monoisotopic (exact) mass is 353 g/mol. The summed E-state index contributed by atoms with van der Waals surface area (Å²) in [6.07, 6.45) is 10.3. The Hall–Kier alpha value is -1.63. The largest absolute Gasteiger partial charge is 0.427 e. The standard InChI is InChI=1S/C17H14NO2.Y/c1-5-14-8-11-17(18(4)12(14)2)15-6-9-16(10-7-15)20-13(3)19;/h1,6-10H,2H2,3-4H3;/q-1;. The first kappa shape index (κ1) is 17.4. The zero-order chi connectivity index (χ0) is 14.7. The molecule has 0 saturated carbocycles. The molecule has 4 heteroatoms. The summed E-state index contributed by atoms with van der Waals surface area (Å²) in [5.74, 6) is 2.75. The van der Waals surface area contributed by atoms with Crippen LogP contribution in [0.25, 0.3) is 5.70 Å². The third-order valence-electron chi connectivity index (χ3n) is 2.95. The minimum absolute atomic E-state index is 0. The van der Waals surface area contributed by atoms with Gasteiger partial charge in [-0.2, -0.15) is 12.2 Å². The minimum atomic E-state index is -0.340. The van der Waals surface area contributed by atoms with E-state index >= 15 is 0 Å². The molecule has 1 aromatic rings. The van der Waals surface area contributed by atoms with Crippen LogP contribution in [0.4, 0.5) is 0 Å². The van der Waals surface area contributed by atoms with Crippen molar-refractivity contribution in [3.63, 3.8) is 0 Å². The van der Waals surface area contributed by atoms with Gasteiger partial charge in [0.25, 0.3) is 0 Å². The van der Waals surface area contributed by atoms with Crippen LogP contribution in [0.3, 0.4) is 0 Å². The van der Waals surface area contributed by atoms with Gasteiger partial charge in [-0.1, -0.05) is 23.4 Å². The Morgan fingerprint density at radius 1 is 1.38 bits per heavy atom. The molecule has 0 bridgehead atoms. The Balaban J connectivity index is 0.00000220. The number of benzene rings is 1. The molecule has 21 heavy (non-hydrogen) atoms. The van der Waals surface area contributed by atoms with Crippen LogP contribution in [-0.4, -0.2) is 17.9 Å². The normalized spacial score (nSPS) is 13.6. The SMILES string of the molecule is C#CC1=C[C-]=C(c2ccc(OC(C)=O)cc2)N(C)C1=C.[Y]. The smallest absolute Gasteiger partial charge is 0.308 e. The molecule has 0 N–H and O–H groups in total. The Morgan fingerprint density at radius 2 is 2.00 bits per heavy atom. The van der Waals surface area contributed by atoms with E-state index in [0.717, 1.165) is 17.0 Å². The van der Waals surface area contributed by atoms with Crippen LogP contribution >= 0.6 is 0 Å². The van der Waals surface area contributed by atoms with Crippen molar-refractivity contribution in [3.05, 3.63) is 59.8 Å². The van der Waals surface area contributed by atoms with E-state index in [1.807, 2.05) is 24.1 Å². The molecule has 1 radical (unpaired) electrons. The molecule has 1 aliphatic rings. The summed E-state index contributed by atoms with van der Waals surface area (Å²) in [6.45, 7) is 5.34. The van der Waals surface area contributed by atoms with Crippen LogP contribution in [0.1, 0.15) is 12.5 Å². The summed E-state index contributed by atoms with van der Waals surface area (Å²) in [5, 5.41) is 0. The van der Waals surface area contributed by atoms with Crippen LogP contribution in [0.15, 0.2) is 48.2 Å². The molecule has 0 fully saturated rings. The van der Waals surface area contributed by atoms with Gasteiger partial charge in [0, 0.05) is 46.7 Å². The number of nitrogens with zero attached hydrogens (tertiary/aromatic N) is 1. The van der Waals surface area contributed by atoms with E-state index in [-0.39, 0.29) is 38.7 Å². The Kier molecular flexibility index (Phi) is 6.14. The molecule has 0 aliphatic carbocycles. The van der Waals surface area contributed by atoms with Gasteiger partial charge in [-0.25, -0.2) is 0 Å². The van der Waals surface area contributed by atoms with Gasteiger partial charge >= 0.3 is 5.97 Å². The van der Waals surface area contributed by atoms with Crippen LogP contribution in [0.2, 0.25) is 0 Å². The van der Waals surface area contributed by atoms with E-state index in [0.29, 0.717) is 11.3 Å². The number of hydrogen-bond acceptors (Lipinski definition) is 3. The van der Waals surface area contributed by atoms with Gasteiger partial charge in [0.15, 0.2) is 0 Å². The molecular weight excluding hydrogens is 339 g/mol. The fourth-order valence-corrected chi connectivity index (χ4v) is 1.89. The number of carbonyl (C=O) groups excluding carboxylic acids is 1. The first-order valence-corrected chi connectivity index (χ1v) is 6.05. The number of ether oxygens (including phenoxy) is 1. The maximum absolute atomic E-state index is 10.9. The fraction of sp³-hybridized carbons (Fsp3) is 0.118. The molecule has 1 heterocycles. The van der Waals surface area contributed by atoms with Crippen molar-refractivity contribution in [1.82, 2.24) is 4.90 Å². The summed E-state index contributed by atoms with van der Waals surface area (Å²) in [5.41, 5.74) is 3.28. The molecule has 0 spiro atoms. The van der Waals surface area contributed by atoms with Crippen LogP contribution in [0, 0.1) is 18.4 Å². The predicted molar refractivity (Wildman–Crippen MR) is 78.2 cm³/mol. The quantitative estimate of drug-likeness (QED) is 0.354. The van der Waals surface area contributed by atoms with E-state index in [1.54, 1.807) is 18.2 Å². The number of carbonyl (C=O) groups is 1. The third-order valence-corrected chi connectivity index (χ3v) is 2.95. The van der Waals surface area contributed by atoms with Crippen molar-refractivity contribution in [1.29, 1.82) is 0 Å². The van der Waals surface area contributed by atoms with Gasteiger partial charge in [-0.3, -0.25) is 4.79 Å². The molecule has 0 unspecified atom stereocenters. The predicted octanol–water partition coefficient (Wildman–Crippen LogP) is 2.77. The Morgan fingerprint density at radius 3 is 2.52 bits per heavy atom. The first-order chi connectivity index (χ1) is 9.52. The molecule has 2 rings (SSSR count). The Labute approximate surface area is 150 Å². The Bertz CT molecular complexity index is 663. The topological polar surface area (TPSA) is 29.5 Å². The second-order valence-corrected chi connectivity index (χ2v) is 4.32. The van der Waals surface area contributed by atoms with E-state index in [2.05, 4.69) is 18.6 Å². The van der Waals surface area contributed by atoms with Crippen molar-refractivity contribution in [3.8, 4) is 18.1 Å². The number of esters is 1. The fourth-order valence-electron chi connectivity index (χ4n) is 1.89. The molecule has 0 saturated heterocycles. The van der Waals surface area contributed by atoms with Gasteiger partial charge < -0.3 is 9.64 Å². The van der Waals surface area contributed by atoms with E-state index in [9.17, 15) is 4.79 Å². The number of likely N-dealkylation sites (N-methyl/N-ethyl adjacent to an activating group) is 1. The first-order valence-electron chi connectivity index (χ1n) is 6.05. The van der Waals surface area contributed by atoms with E-state index < -0.39 is 0 Å². The van der Waals surface area contributed by atoms with E-state index in [1.165, 1.54) is 6.92 Å². The second-order valence-electron chi connectivity index (χ2n) is 4.32. The summed E-state index contributed by atoms with van der Waals surface area (Å²) in [6, 6.07) is 7.20. The molecule has 3 nitrogen and oxygen atoms in total. The summed E-state index contributed by atoms with van der Waals surface area (Å²) in [7, 11) is 1.88. The molecule has 0 amide bonds. The van der Waals surface area contributed by atoms with Gasteiger partial charge in [-0.05, 0) is 17.8 Å². The number of rotatable bonds is 2. The summed E-state index contributed by atoms with van der Waals surface area (Å²) < 4.78 is 5.00. The molecule has 103 valence electrons. The second kappa shape index (κ2) is 7.40. The average Bonchev–Trinajstić information content (AvgIpc) is 2.42.